The number of nitrogens with zero attached hydrogens (tertiary/aromatic N) is 1. The number of likely N-dealkylation sites (tertiary alicyclic amines) is 1. The van der Waals surface area contributed by atoms with E-state index in [-0.39, 0.29) is 12.0 Å². The fraction of sp³-hybridized carbons (Fsp3) is 0.611. The molecule has 4 nitrogen and oxygen atoms in total. The molecule has 1 saturated heterocycles. The molecule has 0 amide bonds. The lowest BCUT2D eigenvalue weighted by Gasteiger charge is -2.36. The van der Waals surface area contributed by atoms with E-state index in [4.69, 9.17) is 22.1 Å². The maximum absolute atomic E-state index is 12.0. The normalized spacial score (nSPS) is 22.8. The lowest BCUT2D eigenvalue weighted by Crippen LogP contribution is -2.49. The fourth-order valence-electron chi connectivity index (χ4n) is 3.18. The predicted octanol–water partition coefficient (Wildman–Crippen LogP) is 2.87. The summed E-state index contributed by atoms with van der Waals surface area (Å²) in [5.74, 6) is 0.243. The molecule has 0 aromatic heterocycles. The summed E-state index contributed by atoms with van der Waals surface area (Å²) in [6, 6.07) is 8.03. The molecule has 1 fully saturated rings. The van der Waals surface area contributed by atoms with Crippen molar-refractivity contribution in [1.82, 2.24) is 4.90 Å². The second kappa shape index (κ2) is 7.65. The molecule has 1 heterocycles. The van der Waals surface area contributed by atoms with E-state index in [2.05, 4.69) is 11.0 Å². The monoisotopic (exact) mass is 338 g/mol. The summed E-state index contributed by atoms with van der Waals surface area (Å²) in [4.78, 5) is 14.1. The molecular formula is C18H27ClN2O2. The van der Waals surface area contributed by atoms with Crippen LogP contribution in [0, 0.1) is 5.92 Å². The number of carbonyl (C=O) groups is 1. The van der Waals surface area contributed by atoms with Crippen LogP contribution < -0.4 is 5.73 Å². The number of hydrogen-bond acceptors (Lipinski definition) is 4. The van der Waals surface area contributed by atoms with Gasteiger partial charge in [0.1, 0.15) is 5.60 Å². The Hall–Kier alpha value is -1.10. The van der Waals surface area contributed by atoms with E-state index in [1.807, 2.05) is 39.0 Å². The first-order chi connectivity index (χ1) is 10.7. The summed E-state index contributed by atoms with van der Waals surface area (Å²) in [7, 11) is 0. The number of esters is 1. The minimum Gasteiger partial charge on any atom is -0.459 e. The van der Waals surface area contributed by atoms with E-state index >= 15 is 0 Å². The first-order valence-electron chi connectivity index (χ1n) is 8.15. The Bertz CT molecular complexity index is 542. The topological polar surface area (TPSA) is 55.6 Å². The molecule has 128 valence electrons. The third-order valence-corrected chi connectivity index (χ3v) is 4.07. The molecule has 23 heavy (non-hydrogen) atoms. The zero-order valence-electron chi connectivity index (χ0n) is 14.2. The van der Waals surface area contributed by atoms with Crippen molar-refractivity contribution in [3.8, 4) is 0 Å². The van der Waals surface area contributed by atoms with Gasteiger partial charge >= 0.3 is 5.97 Å². The zero-order valence-corrected chi connectivity index (χ0v) is 15.0. The average molecular weight is 339 g/mol. The highest BCUT2D eigenvalue weighted by Crippen LogP contribution is 2.22. The van der Waals surface area contributed by atoms with Gasteiger partial charge in [0.05, 0.1) is 6.54 Å². The van der Waals surface area contributed by atoms with Crippen molar-refractivity contribution in [3.05, 3.63) is 34.9 Å². The Kier molecular flexibility index (Phi) is 6.06. The third kappa shape index (κ3) is 6.50. The molecule has 2 atom stereocenters. The maximum Gasteiger partial charge on any atom is 0.320 e. The second-order valence-electron chi connectivity index (χ2n) is 7.48. The van der Waals surface area contributed by atoms with Gasteiger partial charge in [0.25, 0.3) is 0 Å². The highest BCUT2D eigenvalue weighted by Gasteiger charge is 2.28. The van der Waals surface area contributed by atoms with Gasteiger partial charge in [0, 0.05) is 24.2 Å². The van der Waals surface area contributed by atoms with Gasteiger partial charge in [-0.25, -0.2) is 0 Å². The van der Waals surface area contributed by atoms with Crippen molar-refractivity contribution in [3.63, 3.8) is 0 Å². The Morgan fingerprint density at radius 3 is 2.78 bits per heavy atom. The molecule has 2 rings (SSSR count). The van der Waals surface area contributed by atoms with Crippen molar-refractivity contribution in [2.45, 2.75) is 45.3 Å². The SMILES string of the molecule is CC(C)(C)OC(=O)CN1CC(N)CC(Cc2cccc(Cl)c2)C1. The lowest BCUT2D eigenvalue weighted by molar-refractivity contribution is -0.156. The van der Waals surface area contributed by atoms with E-state index in [0.717, 1.165) is 31.0 Å². The van der Waals surface area contributed by atoms with Gasteiger partial charge in [0.15, 0.2) is 0 Å². The molecule has 2 N–H and O–H groups in total. The highest BCUT2D eigenvalue weighted by atomic mass is 35.5. The molecule has 0 bridgehead atoms. The van der Waals surface area contributed by atoms with E-state index in [0.29, 0.717) is 12.5 Å². The molecule has 1 aliphatic heterocycles. The Balaban J connectivity index is 1.92. The van der Waals surface area contributed by atoms with Crippen LogP contribution in [0.5, 0.6) is 0 Å². The molecule has 0 spiro atoms. The molecule has 2 unspecified atom stereocenters. The fourth-order valence-corrected chi connectivity index (χ4v) is 3.39. The Morgan fingerprint density at radius 2 is 2.13 bits per heavy atom. The Morgan fingerprint density at radius 1 is 1.39 bits per heavy atom. The van der Waals surface area contributed by atoms with Gasteiger partial charge in [0.2, 0.25) is 0 Å². The summed E-state index contributed by atoms with van der Waals surface area (Å²) in [5, 5.41) is 0.758. The number of hydrogen-bond donors (Lipinski definition) is 1. The van der Waals surface area contributed by atoms with Crippen molar-refractivity contribution in [2.75, 3.05) is 19.6 Å². The average Bonchev–Trinajstić information content (AvgIpc) is 2.35. The maximum atomic E-state index is 12.0. The third-order valence-electron chi connectivity index (χ3n) is 3.83. The standard InChI is InChI=1S/C18H27ClN2O2/c1-18(2,3)23-17(22)12-21-10-14(9-16(20)11-21)7-13-5-4-6-15(19)8-13/h4-6,8,14,16H,7,9-12,20H2,1-3H3. The van der Waals surface area contributed by atoms with Crippen LogP contribution in [0.4, 0.5) is 0 Å². The summed E-state index contributed by atoms with van der Waals surface area (Å²) >= 11 is 6.05. The highest BCUT2D eigenvalue weighted by molar-refractivity contribution is 6.30. The molecule has 0 aliphatic carbocycles. The Labute approximate surface area is 143 Å². The summed E-state index contributed by atoms with van der Waals surface area (Å²) in [5.41, 5.74) is 6.95. The second-order valence-corrected chi connectivity index (χ2v) is 7.91. The quantitative estimate of drug-likeness (QED) is 0.858. The van der Waals surface area contributed by atoms with Crippen LogP contribution in [0.2, 0.25) is 5.02 Å². The van der Waals surface area contributed by atoms with Crippen LogP contribution >= 0.6 is 11.6 Å². The van der Waals surface area contributed by atoms with E-state index in [1.54, 1.807) is 0 Å². The molecule has 0 saturated carbocycles. The van der Waals surface area contributed by atoms with Crippen LogP contribution in [0.1, 0.15) is 32.8 Å². The smallest absolute Gasteiger partial charge is 0.320 e. The van der Waals surface area contributed by atoms with E-state index in [1.165, 1.54) is 5.56 Å². The van der Waals surface area contributed by atoms with E-state index < -0.39 is 5.60 Å². The van der Waals surface area contributed by atoms with E-state index in [9.17, 15) is 4.79 Å². The van der Waals surface area contributed by atoms with Gasteiger partial charge in [-0.2, -0.15) is 0 Å². The molecular weight excluding hydrogens is 312 g/mol. The summed E-state index contributed by atoms with van der Waals surface area (Å²) < 4.78 is 5.41. The van der Waals surface area contributed by atoms with Crippen LogP contribution in [-0.4, -0.2) is 42.1 Å². The van der Waals surface area contributed by atoms with Crippen molar-refractivity contribution in [1.29, 1.82) is 0 Å². The number of piperidine rings is 1. The largest absolute Gasteiger partial charge is 0.459 e. The zero-order chi connectivity index (χ0) is 17.0. The van der Waals surface area contributed by atoms with Gasteiger partial charge in [-0.15, -0.1) is 0 Å². The number of halogens is 1. The first kappa shape index (κ1) is 18.2. The van der Waals surface area contributed by atoms with Gasteiger partial charge < -0.3 is 10.5 Å². The molecule has 1 aliphatic rings. The molecule has 1 aromatic carbocycles. The molecule has 1 aromatic rings. The molecule has 5 heteroatoms. The van der Waals surface area contributed by atoms with Crippen molar-refractivity contribution in [2.24, 2.45) is 11.7 Å². The van der Waals surface area contributed by atoms with Crippen LogP contribution in [-0.2, 0) is 16.0 Å². The number of benzene rings is 1. The number of nitrogens with two attached hydrogens (primary N) is 1. The van der Waals surface area contributed by atoms with Gasteiger partial charge in [-0.1, -0.05) is 23.7 Å². The number of ether oxygens (including phenoxy) is 1. The number of rotatable bonds is 4. The number of carbonyl (C=O) groups excluding carboxylic acids is 1. The predicted molar refractivity (Wildman–Crippen MR) is 93.5 cm³/mol. The van der Waals surface area contributed by atoms with Crippen molar-refractivity contribution < 1.29 is 9.53 Å². The van der Waals surface area contributed by atoms with Gasteiger partial charge in [-0.05, 0) is 57.2 Å². The minimum atomic E-state index is -0.449. The lowest BCUT2D eigenvalue weighted by atomic mass is 9.89. The van der Waals surface area contributed by atoms with Crippen LogP contribution in [0.25, 0.3) is 0 Å². The summed E-state index contributed by atoms with van der Waals surface area (Å²) in [6.45, 7) is 7.56. The minimum absolute atomic E-state index is 0.0929. The molecule has 0 radical (unpaired) electrons. The summed E-state index contributed by atoms with van der Waals surface area (Å²) in [6.07, 6.45) is 1.90. The van der Waals surface area contributed by atoms with Crippen LogP contribution in [0.15, 0.2) is 24.3 Å². The van der Waals surface area contributed by atoms with Crippen LogP contribution in [0.3, 0.4) is 0 Å². The first-order valence-corrected chi connectivity index (χ1v) is 8.53. The van der Waals surface area contributed by atoms with Crippen molar-refractivity contribution >= 4 is 17.6 Å². The van der Waals surface area contributed by atoms with Gasteiger partial charge in [-0.3, -0.25) is 9.69 Å².